The second kappa shape index (κ2) is 20.0. The lowest BCUT2D eigenvalue weighted by molar-refractivity contribution is -0.155. The number of β-lactam (4-membered cyclic amide) rings is 1. The van der Waals surface area contributed by atoms with Crippen LogP contribution in [0.2, 0.25) is 0 Å². The summed E-state index contributed by atoms with van der Waals surface area (Å²) < 4.78 is 55.8. The molecule has 3 atom stereocenters. The number of rotatable bonds is 15. The Balaban J connectivity index is 1.17. The molecule has 354 valence electrons. The molecule has 8 rings (SSSR count). The number of hydrogen-bond acceptors (Lipinski definition) is 14. The topological polar surface area (TPSA) is 209 Å². The number of oxime groups is 1. The molecule has 1 fully saturated rings. The second-order valence-corrected chi connectivity index (χ2v) is 20.7. The van der Waals surface area contributed by atoms with E-state index in [2.05, 4.69) is 20.8 Å². The van der Waals surface area contributed by atoms with Gasteiger partial charge in [0.15, 0.2) is 28.4 Å². The summed E-state index contributed by atoms with van der Waals surface area (Å²) in [6.45, 7) is 5.08. The lowest BCUT2D eigenvalue weighted by Gasteiger charge is -2.48. The minimum Gasteiger partial charge on any atom is -0.448 e. The van der Waals surface area contributed by atoms with Crippen molar-refractivity contribution in [2.75, 3.05) is 17.3 Å². The third kappa shape index (κ3) is 10.6. The Morgan fingerprint density at radius 3 is 1.77 bits per heavy atom. The van der Waals surface area contributed by atoms with E-state index in [1.165, 1.54) is 5.38 Å². The van der Waals surface area contributed by atoms with Crippen molar-refractivity contribution in [3.8, 4) is 0 Å². The van der Waals surface area contributed by atoms with Crippen LogP contribution in [-0.2, 0) is 59.4 Å². The maximum atomic E-state index is 14.8. The molecular formula is C50H45N5O11S3. The van der Waals surface area contributed by atoms with Crippen LogP contribution >= 0.6 is 11.3 Å². The lowest BCUT2D eigenvalue weighted by Crippen LogP contribution is -2.74. The van der Waals surface area contributed by atoms with Gasteiger partial charge in [0.25, 0.3) is 11.8 Å². The summed E-state index contributed by atoms with van der Waals surface area (Å²) in [6, 6.07) is 43.6. The number of carbonyl (C=O) groups is 4. The monoisotopic (exact) mass is 987 g/mol. The van der Waals surface area contributed by atoms with Gasteiger partial charge in [-0.1, -0.05) is 157 Å². The van der Waals surface area contributed by atoms with Gasteiger partial charge in [0.05, 0.1) is 22.8 Å². The molecule has 6 aromatic rings. The number of benzene rings is 5. The number of aromatic nitrogens is 1. The summed E-state index contributed by atoms with van der Waals surface area (Å²) >= 11 is 0.956. The molecule has 2 N–H and O–H groups in total. The molecule has 1 unspecified atom stereocenters. The molecule has 0 bridgehead atoms. The zero-order valence-electron chi connectivity index (χ0n) is 37.5. The molecule has 1 aromatic heterocycles. The first-order chi connectivity index (χ1) is 33.0. The average Bonchev–Trinajstić information content (AvgIpc) is 3.79. The van der Waals surface area contributed by atoms with E-state index in [-0.39, 0.29) is 10.8 Å². The highest BCUT2D eigenvalue weighted by molar-refractivity contribution is 7.87. The molecule has 2 aliphatic rings. The molecule has 19 heteroatoms. The number of amides is 3. The number of thiazole rings is 1. The third-order valence-corrected chi connectivity index (χ3v) is 13.5. The van der Waals surface area contributed by atoms with Crippen LogP contribution in [0.3, 0.4) is 0 Å². The Kier molecular flexibility index (Phi) is 13.9. The Hall–Kier alpha value is -7.48. The molecular weight excluding hydrogens is 943 g/mol. The van der Waals surface area contributed by atoms with E-state index in [9.17, 15) is 31.8 Å². The highest BCUT2D eigenvalue weighted by Crippen LogP contribution is 2.42. The predicted molar refractivity (Wildman–Crippen MR) is 258 cm³/mol. The molecule has 3 amide bonds. The van der Waals surface area contributed by atoms with Crippen LogP contribution in [0.5, 0.6) is 0 Å². The van der Waals surface area contributed by atoms with Gasteiger partial charge in [0.2, 0.25) is 5.60 Å². The zero-order chi connectivity index (χ0) is 48.9. The lowest BCUT2D eigenvalue weighted by atomic mass is 9.80. The molecule has 2 aliphatic heterocycles. The van der Waals surface area contributed by atoms with Crippen molar-refractivity contribution in [1.82, 2.24) is 15.2 Å². The molecule has 69 heavy (non-hydrogen) atoms. The third-order valence-electron chi connectivity index (χ3n) is 10.6. The van der Waals surface area contributed by atoms with Crippen LogP contribution in [-0.4, -0.2) is 81.1 Å². The van der Waals surface area contributed by atoms with E-state index in [0.717, 1.165) is 22.5 Å². The summed E-state index contributed by atoms with van der Waals surface area (Å²) in [5, 5.41) is 9.80. The van der Waals surface area contributed by atoms with E-state index < -0.39 is 96.4 Å². The van der Waals surface area contributed by atoms with Crippen molar-refractivity contribution in [2.24, 2.45) is 5.16 Å². The summed E-state index contributed by atoms with van der Waals surface area (Å²) in [7, 11) is -6.48. The zero-order valence-corrected chi connectivity index (χ0v) is 40.0. The van der Waals surface area contributed by atoms with Gasteiger partial charge < -0.3 is 23.8 Å². The number of fused-ring (bicyclic) bond motifs is 1. The number of ether oxygens (including phenoxy) is 2. The highest BCUT2D eigenvalue weighted by Gasteiger charge is 2.59. The average molecular weight is 988 g/mol. The number of esters is 1. The van der Waals surface area contributed by atoms with Gasteiger partial charge in [-0.25, -0.2) is 14.6 Å². The Bertz CT molecular complexity index is 2920. The molecule has 1 saturated heterocycles. The van der Waals surface area contributed by atoms with Crippen LogP contribution < -0.4 is 10.6 Å². The fourth-order valence-corrected chi connectivity index (χ4v) is 10.6. The normalized spacial score (nSPS) is 17.3. The Morgan fingerprint density at radius 2 is 1.29 bits per heavy atom. The highest BCUT2D eigenvalue weighted by atomic mass is 32.2. The van der Waals surface area contributed by atoms with Gasteiger partial charge in [-0.2, -0.15) is 8.42 Å². The summed E-state index contributed by atoms with van der Waals surface area (Å²) in [4.78, 5) is 68.3. The molecule has 0 saturated carbocycles. The summed E-state index contributed by atoms with van der Waals surface area (Å²) in [5.41, 5.74) is -0.398. The van der Waals surface area contributed by atoms with Crippen LogP contribution in [0.15, 0.2) is 174 Å². The van der Waals surface area contributed by atoms with Gasteiger partial charge >= 0.3 is 22.2 Å². The SMILES string of the molecule is CC(C)(C)OC(=O)Nc1nc(/C(=N/OC(c2ccccc2)(c2ccccc2)c2ccccc2)C(=O)N[C@@H]2C(=O)N3C(C(=O)OC(c4ccccc4)c4ccccc4)=C(OS(C)(=O)=O)CS(=O)[C@H]23)cs1. The van der Waals surface area contributed by atoms with Crippen LogP contribution in [0, 0.1) is 0 Å². The largest absolute Gasteiger partial charge is 0.448 e. The maximum absolute atomic E-state index is 14.8. The van der Waals surface area contributed by atoms with Crippen molar-refractivity contribution in [3.05, 3.63) is 202 Å². The standard InChI is InChI=1S/C50H45N5O11S3/c1-49(2,3)64-48(59)53-47-51-37(30-67-47)39(54-66-50(34-24-14-7-15-25-34,35-26-16-8-17-27-35)36-28-18-9-19-29-36)43(56)52-40-44(57)55-41(38(65-69(4,61)62)31-68(60)45(40)55)46(58)63-42(32-20-10-5-11-21-32)33-22-12-6-13-23-33/h5-30,40,42,45H,31H2,1-4H3,(H,52,56)(H,51,53,59)/b54-39-/t40-,45-,68?/m1/s1. The molecule has 0 radical (unpaired) electrons. The van der Waals surface area contributed by atoms with Crippen molar-refractivity contribution in [1.29, 1.82) is 0 Å². The van der Waals surface area contributed by atoms with Crippen LogP contribution in [0.4, 0.5) is 9.93 Å². The second-order valence-electron chi connectivity index (χ2n) is 16.7. The van der Waals surface area contributed by atoms with Crippen LogP contribution in [0.25, 0.3) is 0 Å². The van der Waals surface area contributed by atoms with E-state index in [1.54, 1.807) is 81.4 Å². The van der Waals surface area contributed by atoms with Crippen LogP contribution in [0.1, 0.15) is 60.4 Å². The summed E-state index contributed by atoms with van der Waals surface area (Å²) in [6.07, 6.45) is -1.08. The van der Waals surface area contributed by atoms with E-state index in [1.807, 2.05) is 91.0 Å². The van der Waals surface area contributed by atoms with Gasteiger partial charge in [0.1, 0.15) is 22.7 Å². The molecule has 3 heterocycles. The van der Waals surface area contributed by atoms with E-state index >= 15 is 0 Å². The fraction of sp³-hybridized carbons (Fsp3) is 0.200. The van der Waals surface area contributed by atoms with Gasteiger partial charge in [-0.3, -0.25) is 24.0 Å². The predicted octanol–water partition coefficient (Wildman–Crippen LogP) is 7.14. The summed E-state index contributed by atoms with van der Waals surface area (Å²) in [5.74, 6) is -4.30. The number of nitrogens with one attached hydrogen (secondary N) is 2. The van der Waals surface area contributed by atoms with Crippen molar-refractivity contribution >= 4 is 67.0 Å². The molecule has 16 nitrogen and oxygen atoms in total. The minimum absolute atomic E-state index is 0.0375. The first-order valence-electron chi connectivity index (χ1n) is 21.4. The number of hydrogen-bond donors (Lipinski definition) is 2. The van der Waals surface area contributed by atoms with Gasteiger partial charge in [-0.05, 0) is 31.9 Å². The first kappa shape index (κ1) is 48.0. The first-order valence-corrected chi connectivity index (χ1v) is 25.4. The molecule has 0 spiro atoms. The van der Waals surface area contributed by atoms with Crippen molar-refractivity contribution in [2.45, 2.75) is 49.5 Å². The molecule has 5 aromatic carbocycles. The Labute approximate surface area is 404 Å². The quantitative estimate of drug-likeness (QED) is 0.0263. The number of nitrogens with zero attached hydrogens (tertiary/aromatic N) is 3. The fourth-order valence-electron chi connectivity index (χ4n) is 7.76. The number of carbonyl (C=O) groups excluding carboxylic acids is 4. The minimum atomic E-state index is -4.33. The number of anilines is 1. The van der Waals surface area contributed by atoms with E-state index in [4.69, 9.17) is 18.5 Å². The van der Waals surface area contributed by atoms with Gasteiger partial charge in [0, 0.05) is 22.1 Å². The smallest absolute Gasteiger partial charge is 0.413 e. The van der Waals surface area contributed by atoms with E-state index in [0.29, 0.717) is 27.8 Å². The Morgan fingerprint density at radius 1 is 0.797 bits per heavy atom. The van der Waals surface area contributed by atoms with Gasteiger partial charge in [-0.15, -0.1) is 11.3 Å². The van der Waals surface area contributed by atoms with Crippen molar-refractivity contribution in [3.63, 3.8) is 0 Å². The van der Waals surface area contributed by atoms with Crippen molar-refractivity contribution < 1.29 is 50.3 Å². The maximum Gasteiger partial charge on any atom is 0.413 e. The molecule has 0 aliphatic carbocycles.